The summed E-state index contributed by atoms with van der Waals surface area (Å²) in [5, 5.41) is 7.18. The normalized spacial score (nSPS) is 12.9. The van der Waals surface area contributed by atoms with Gasteiger partial charge in [0, 0.05) is 19.0 Å². The Balaban J connectivity index is 2.07. The van der Waals surface area contributed by atoms with Crippen molar-refractivity contribution in [3.8, 4) is 11.5 Å². The molecule has 2 aromatic heterocycles. The van der Waals surface area contributed by atoms with E-state index in [1.807, 2.05) is 27.7 Å². The van der Waals surface area contributed by atoms with E-state index in [1.54, 1.807) is 24.5 Å². The van der Waals surface area contributed by atoms with Crippen molar-refractivity contribution in [2.75, 3.05) is 6.54 Å². The third kappa shape index (κ3) is 4.81. The van der Waals surface area contributed by atoms with E-state index in [0.717, 1.165) is 0 Å². The molecule has 0 saturated heterocycles. The van der Waals surface area contributed by atoms with Crippen molar-refractivity contribution < 1.29 is 9.21 Å². The molecule has 0 aliphatic carbocycles. The van der Waals surface area contributed by atoms with Gasteiger partial charge in [0.05, 0.1) is 12.3 Å². The third-order valence-electron chi connectivity index (χ3n) is 3.30. The van der Waals surface area contributed by atoms with Crippen molar-refractivity contribution >= 4 is 5.91 Å². The second-order valence-corrected chi connectivity index (χ2v) is 6.87. The van der Waals surface area contributed by atoms with Crippen LogP contribution in [-0.4, -0.2) is 22.2 Å². The van der Waals surface area contributed by atoms with Crippen LogP contribution in [0.5, 0.6) is 0 Å². The molecule has 0 spiro atoms. The summed E-state index contributed by atoms with van der Waals surface area (Å²) in [5.41, 5.74) is 0.307. The minimum Gasteiger partial charge on any atom is -0.463 e. The lowest BCUT2D eigenvalue weighted by atomic mass is 9.92. The zero-order valence-electron chi connectivity index (χ0n) is 14.0. The number of hydrogen-bond acceptors (Lipinski definition) is 4. The lowest BCUT2D eigenvalue weighted by Crippen LogP contribution is -2.36. The number of hydrogen-bond donors (Lipinski definition) is 1. The van der Waals surface area contributed by atoms with Crippen LogP contribution < -0.4 is 10.9 Å². The van der Waals surface area contributed by atoms with E-state index >= 15 is 0 Å². The third-order valence-corrected chi connectivity index (χ3v) is 3.30. The van der Waals surface area contributed by atoms with Gasteiger partial charge in [-0.3, -0.25) is 9.59 Å². The molecular formula is C17H23N3O3. The van der Waals surface area contributed by atoms with Gasteiger partial charge in [-0.1, -0.05) is 20.8 Å². The molecule has 0 fully saturated rings. The number of amides is 1. The van der Waals surface area contributed by atoms with E-state index in [0.29, 0.717) is 24.4 Å². The zero-order valence-corrected chi connectivity index (χ0v) is 14.0. The standard InChI is InChI=1S/C17H23N3O3/c1-12(11-18-15(21)10-17(2,3)4)20-16(22)8-7-13(19-20)14-6-5-9-23-14/h5-9,12H,10-11H2,1-4H3,(H,18,21). The Morgan fingerprint density at radius 2 is 2.09 bits per heavy atom. The van der Waals surface area contributed by atoms with Crippen molar-refractivity contribution in [2.24, 2.45) is 5.41 Å². The number of rotatable bonds is 5. The van der Waals surface area contributed by atoms with Crippen molar-refractivity contribution in [3.63, 3.8) is 0 Å². The summed E-state index contributed by atoms with van der Waals surface area (Å²) in [6, 6.07) is 6.39. The van der Waals surface area contributed by atoms with Gasteiger partial charge in [0.2, 0.25) is 5.91 Å². The lowest BCUT2D eigenvalue weighted by Gasteiger charge is -2.19. The van der Waals surface area contributed by atoms with Crippen LogP contribution in [0.1, 0.15) is 40.2 Å². The number of aromatic nitrogens is 2. The van der Waals surface area contributed by atoms with Crippen LogP contribution in [0, 0.1) is 5.41 Å². The largest absolute Gasteiger partial charge is 0.463 e. The fourth-order valence-electron chi connectivity index (χ4n) is 2.19. The number of nitrogens with zero attached hydrogens (tertiary/aromatic N) is 2. The summed E-state index contributed by atoms with van der Waals surface area (Å²) in [6.07, 6.45) is 2.00. The Hall–Kier alpha value is -2.37. The minimum absolute atomic E-state index is 0.0282. The highest BCUT2D eigenvalue weighted by atomic mass is 16.3. The Labute approximate surface area is 135 Å². The molecule has 0 radical (unpaired) electrons. The second-order valence-electron chi connectivity index (χ2n) is 6.87. The van der Waals surface area contributed by atoms with Gasteiger partial charge in [0.15, 0.2) is 5.76 Å². The first-order chi connectivity index (χ1) is 10.8. The minimum atomic E-state index is -0.249. The molecule has 1 amide bonds. The predicted molar refractivity (Wildman–Crippen MR) is 88.0 cm³/mol. The molecule has 23 heavy (non-hydrogen) atoms. The van der Waals surface area contributed by atoms with E-state index in [2.05, 4.69) is 10.4 Å². The van der Waals surface area contributed by atoms with Gasteiger partial charge in [-0.2, -0.15) is 5.10 Å². The molecule has 6 heteroatoms. The van der Waals surface area contributed by atoms with Gasteiger partial charge >= 0.3 is 0 Å². The zero-order chi connectivity index (χ0) is 17.0. The van der Waals surface area contributed by atoms with Gasteiger partial charge in [0.1, 0.15) is 5.69 Å². The first-order valence-electron chi connectivity index (χ1n) is 7.67. The molecule has 0 saturated carbocycles. The summed E-state index contributed by atoms with van der Waals surface area (Å²) in [7, 11) is 0. The second kappa shape index (κ2) is 6.81. The van der Waals surface area contributed by atoms with E-state index in [4.69, 9.17) is 4.42 Å². The van der Waals surface area contributed by atoms with Gasteiger partial charge in [-0.15, -0.1) is 0 Å². The summed E-state index contributed by atoms with van der Waals surface area (Å²) in [5.74, 6) is 0.572. The van der Waals surface area contributed by atoms with Gasteiger partial charge in [-0.25, -0.2) is 4.68 Å². The van der Waals surface area contributed by atoms with Crippen molar-refractivity contribution in [1.29, 1.82) is 0 Å². The maximum absolute atomic E-state index is 12.0. The molecule has 6 nitrogen and oxygen atoms in total. The number of carbonyl (C=O) groups is 1. The van der Waals surface area contributed by atoms with Crippen LogP contribution in [0.2, 0.25) is 0 Å². The molecule has 2 heterocycles. The molecule has 1 N–H and O–H groups in total. The highest BCUT2D eigenvalue weighted by Gasteiger charge is 2.17. The van der Waals surface area contributed by atoms with E-state index in [-0.39, 0.29) is 22.9 Å². The Morgan fingerprint density at radius 1 is 1.35 bits per heavy atom. The van der Waals surface area contributed by atoms with Gasteiger partial charge in [0.25, 0.3) is 5.56 Å². The summed E-state index contributed by atoms with van der Waals surface area (Å²) in [4.78, 5) is 23.9. The van der Waals surface area contributed by atoms with E-state index in [9.17, 15) is 9.59 Å². The first-order valence-corrected chi connectivity index (χ1v) is 7.67. The number of nitrogens with one attached hydrogen (secondary N) is 1. The fraction of sp³-hybridized carbons (Fsp3) is 0.471. The average molecular weight is 317 g/mol. The van der Waals surface area contributed by atoms with Crippen LogP contribution in [-0.2, 0) is 4.79 Å². The summed E-state index contributed by atoms with van der Waals surface area (Å²) in [6.45, 7) is 8.22. The highest BCUT2D eigenvalue weighted by molar-refractivity contribution is 5.76. The first kappa shape index (κ1) is 17.0. The monoisotopic (exact) mass is 317 g/mol. The highest BCUT2D eigenvalue weighted by Crippen LogP contribution is 2.18. The maximum Gasteiger partial charge on any atom is 0.267 e. The molecule has 0 aromatic carbocycles. The topological polar surface area (TPSA) is 77.1 Å². The molecule has 1 atom stereocenters. The molecule has 0 aliphatic rings. The fourth-order valence-corrected chi connectivity index (χ4v) is 2.19. The van der Waals surface area contributed by atoms with Crippen molar-refractivity contribution in [3.05, 3.63) is 40.9 Å². The molecule has 124 valence electrons. The van der Waals surface area contributed by atoms with E-state index < -0.39 is 0 Å². The van der Waals surface area contributed by atoms with Crippen LogP contribution in [0.3, 0.4) is 0 Å². The molecule has 2 rings (SSSR count). The van der Waals surface area contributed by atoms with Crippen molar-refractivity contribution in [2.45, 2.75) is 40.2 Å². The van der Waals surface area contributed by atoms with Crippen LogP contribution in [0.15, 0.2) is 39.7 Å². The van der Waals surface area contributed by atoms with Crippen LogP contribution in [0.25, 0.3) is 11.5 Å². The number of furan rings is 1. The van der Waals surface area contributed by atoms with Crippen molar-refractivity contribution in [1.82, 2.24) is 15.1 Å². The maximum atomic E-state index is 12.0. The molecule has 1 unspecified atom stereocenters. The summed E-state index contributed by atoms with van der Waals surface area (Å²) < 4.78 is 6.67. The lowest BCUT2D eigenvalue weighted by molar-refractivity contribution is -0.122. The average Bonchev–Trinajstić information content (AvgIpc) is 2.97. The Kier molecular flexibility index (Phi) is 5.03. The Morgan fingerprint density at radius 3 is 2.70 bits per heavy atom. The predicted octanol–water partition coefficient (Wildman–Crippen LogP) is 2.62. The van der Waals surface area contributed by atoms with Crippen LogP contribution >= 0.6 is 0 Å². The number of carbonyl (C=O) groups excluding carboxylic acids is 1. The molecule has 0 aliphatic heterocycles. The van der Waals surface area contributed by atoms with Gasteiger partial charge < -0.3 is 9.73 Å². The van der Waals surface area contributed by atoms with Crippen LogP contribution in [0.4, 0.5) is 0 Å². The molecule has 2 aromatic rings. The molecular weight excluding hydrogens is 294 g/mol. The molecule has 0 bridgehead atoms. The quantitative estimate of drug-likeness (QED) is 0.919. The van der Waals surface area contributed by atoms with E-state index in [1.165, 1.54) is 10.7 Å². The Bertz CT molecular complexity index is 711. The SMILES string of the molecule is CC(CNC(=O)CC(C)(C)C)n1nc(-c2ccco2)ccc1=O. The van der Waals surface area contributed by atoms with Gasteiger partial charge in [-0.05, 0) is 30.5 Å². The smallest absolute Gasteiger partial charge is 0.267 e. The summed E-state index contributed by atoms with van der Waals surface area (Å²) >= 11 is 0.